The molecule has 0 saturated heterocycles. The molecule has 0 amide bonds. The van der Waals surface area contributed by atoms with E-state index in [9.17, 15) is 18.7 Å². The number of nitrogens with zero attached hydrogens (tertiary/aromatic N) is 3. The fraction of sp³-hybridized carbons (Fsp3) is 0.349. The van der Waals surface area contributed by atoms with Gasteiger partial charge < -0.3 is 28.4 Å². The predicted molar refractivity (Wildman–Crippen MR) is 220 cm³/mol. The Morgan fingerprint density at radius 2 is 1.40 bits per heavy atom. The maximum Gasteiger partial charge on any atom is 0.287 e. The average Bonchev–Trinajstić information content (AvgIpc) is 3.19. The first-order chi connectivity index (χ1) is 27.3. The summed E-state index contributed by atoms with van der Waals surface area (Å²) < 4.78 is 58.4. The van der Waals surface area contributed by atoms with Crippen LogP contribution in [0.3, 0.4) is 0 Å². The topological polar surface area (TPSA) is 105 Å². The molecule has 304 valence electrons. The number of alkyl halides is 2. The van der Waals surface area contributed by atoms with Gasteiger partial charge in [0.15, 0.2) is 16.5 Å². The van der Waals surface area contributed by atoms with Crippen LogP contribution in [0.5, 0.6) is 17.2 Å². The van der Waals surface area contributed by atoms with Crippen LogP contribution in [0.4, 0.5) is 8.78 Å². The number of aromatic nitrogens is 2. The Kier molecular flexibility index (Phi) is 15.6. The van der Waals surface area contributed by atoms with Gasteiger partial charge >= 0.3 is 0 Å². The molecule has 6 rings (SSSR count). The van der Waals surface area contributed by atoms with Crippen molar-refractivity contribution in [3.05, 3.63) is 137 Å². The maximum absolute atomic E-state index is 13.1. The Balaban J connectivity index is 0.000000230. The van der Waals surface area contributed by atoms with E-state index in [2.05, 4.69) is 61.6 Å². The van der Waals surface area contributed by atoms with Gasteiger partial charge in [-0.05, 0) is 75.2 Å². The van der Waals surface area contributed by atoms with Gasteiger partial charge in [-0.15, -0.1) is 0 Å². The van der Waals surface area contributed by atoms with Crippen LogP contribution in [-0.4, -0.2) is 63.8 Å². The summed E-state index contributed by atoms with van der Waals surface area (Å²) in [6.45, 7) is 9.60. The molecule has 4 aromatic carbocycles. The van der Waals surface area contributed by atoms with E-state index in [1.165, 1.54) is 47.0 Å². The van der Waals surface area contributed by atoms with Crippen LogP contribution in [0.25, 0.3) is 5.69 Å². The normalized spacial score (nSPS) is 14.3. The molecular formula is C43H50F2N3O7PS. The summed E-state index contributed by atoms with van der Waals surface area (Å²) in [5.74, 6) is -1.57. The summed E-state index contributed by atoms with van der Waals surface area (Å²) in [5, 5.41) is 10.4. The number of hydrogen-bond donors (Lipinski definition) is 1. The van der Waals surface area contributed by atoms with Crippen molar-refractivity contribution in [2.24, 2.45) is 0 Å². The minimum atomic E-state index is -2.86. The lowest BCUT2D eigenvalue weighted by Crippen LogP contribution is -2.55. The summed E-state index contributed by atoms with van der Waals surface area (Å²) in [4.78, 5) is 18.1. The molecule has 1 aliphatic carbocycles. The van der Waals surface area contributed by atoms with Gasteiger partial charge in [0.25, 0.3) is 20.0 Å². The lowest BCUT2D eigenvalue weighted by molar-refractivity contribution is -0.215. The molecule has 14 heteroatoms. The molecule has 5 aromatic rings. The number of halogens is 2. The second-order valence-electron chi connectivity index (χ2n) is 14.1. The zero-order chi connectivity index (χ0) is 41.0. The minimum absolute atomic E-state index is 0.278. The molecule has 1 saturated carbocycles. The van der Waals surface area contributed by atoms with Crippen LogP contribution in [0.1, 0.15) is 51.7 Å². The smallest absolute Gasteiger partial charge is 0.287 e. The van der Waals surface area contributed by atoms with Crippen molar-refractivity contribution in [3.8, 4) is 22.9 Å². The molecule has 1 aromatic heterocycles. The number of hydrogen-bond acceptors (Lipinski definition) is 10. The SMILES string of the molecule is CC(C)N(C(C)C)P(OCc1ccccc1)OCc1ccccc1.COc1ccc(Sc2nccn(-c3ccc(OCC4(O)CC(F)(F)C4)c(OC)c3)c2=O)cc1. The average molecular weight is 822 g/mol. The molecule has 0 aliphatic heterocycles. The summed E-state index contributed by atoms with van der Waals surface area (Å²) in [6.07, 6.45) is 1.79. The summed E-state index contributed by atoms with van der Waals surface area (Å²) in [6, 6.07) is 33.3. The minimum Gasteiger partial charge on any atom is -0.497 e. The van der Waals surface area contributed by atoms with Crippen LogP contribution in [0.2, 0.25) is 0 Å². The Hall–Kier alpha value is -4.36. The first-order valence-electron chi connectivity index (χ1n) is 18.5. The maximum atomic E-state index is 13.1. The zero-order valence-corrected chi connectivity index (χ0v) is 34.7. The van der Waals surface area contributed by atoms with Gasteiger partial charge in [0.1, 0.15) is 18.0 Å². The van der Waals surface area contributed by atoms with E-state index < -0.39 is 32.9 Å². The van der Waals surface area contributed by atoms with E-state index in [0.29, 0.717) is 42.5 Å². The standard InChI is InChI=1S/C23H22F2N2O5S.C20H28NO2P/c1-30-16-4-6-17(7-5-16)33-20-21(28)27(10-9-26-20)15-3-8-18(19(11-15)31-2)32-14-22(29)12-23(24,25)13-22;1-17(2)21(18(3)4)24(22-15-19-11-7-5-8-12-19)23-16-20-13-9-6-10-14-20/h3-11,29H,12-14H2,1-2H3;5-14,17-18H,15-16H2,1-4H3. The highest BCUT2D eigenvalue weighted by molar-refractivity contribution is 7.99. The number of aliphatic hydroxyl groups is 1. The molecule has 0 unspecified atom stereocenters. The van der Waals surface area contributed by atoms with Crippen molar-refractivity contribution in [2.45, 2.75) is 87.3 Å². The Morgan fingerprint density at radius 3 is 1.91 bits per heavy atom. The van der Waals surface area contributed by atoms with Gasteiger partial charge in [-0.2, -0.15) is 0 Å². The van der Waals surface area contributed by atoms with E-state index in [1.54, 1.807) is 37.4 Å². The van der Waals surface area contributed by atoms with Crippen molar-refractivity contribution >= 4 is 20.3 Å². The second-order valence-corrected chi connectivity index (χ2v) is 16.6. The quantitative estimate of drug-likeness (QED) is 0.0913. The van der Waals surface area contributed by atoms with Crippen molar-refractivity contribution in [2.75, 3.05) is 20.8 Å². The van der Waals surface area contributed by atoms with E-state index in [-0.39, 0.29) is 22.9 Å². The Bertz CT molecular complexity index is 2000. The lowest BCUT2D eigenvalue weighted by Gasteiger charge is -2.42. The zero-order valence-electron chi connectivity index (χ0n) is 33.0. The summed E-state index contributed by atoms with van der Waals surface area (Å²) in [5.41, 5.74) is 0.960. The molecule has 1 heterocycles. The van der Waals surface area contributed by atoms with Gasteiger partial charge in [-0.3, -0.25) is 9.36 Å². The van der Waals surface area contributed by atoms with Crippen LogP contribution < -0.4 is 19.8 Å². The van der Waals surface area contributed by atoms with Gasteiger partial charge in [0.05, 0.1) is 33.1 Å². The van der Waals surface area contributed by atoms with Gasteiger partial charge in [-0.1, -0.05) is 72.4 Å². The highest BCUT2D eigenvalue weighted by Crippen LogP contribution is 2.48. The number of rotatable bonds is 17. The van der Waals surface area contributed by atoms with Crippen molar-refractivity contribution < 1.29 is 37.1 Å². The first-order valence-corrected chi connectivity index (χ1v) is 20.5. The van der Waals surface area contributed by atoms with Crippen LogP contribution >= 0.6 is 20.3 Å². The van der Waals surface area contributed by atoms with Crippen LogP contribution in [0.15, 0.2) is 130 Å². The van der Waals surface area contributed by atoms with E-state index >= 15 is 0 Å². The van der Waals surface area contributed by atoms with Gasteiger partial charge in [-0.25, -0.2) is 18.4 Å². The molecule has 1 fully saturated rings. The number of methoxy groups -OCH3 is 2. The molecule has 0 atom stereocenters. The monoisotopic (exact) mass is 821 g/mol. The number of benzene rings is 4. The Labute approximate surface area is 338 Å². The van der Waals surface area contributed by atoms with Crippen molar-refractivity contribution in [3.63, 3.8) is 0 Å². The van der Waals surface area contributed by atoms with Crippen LogP contribution in [0, 0.1) is 0 Å². The highest BCUT2D eigenvalue weighted by Gasteiger charge is 2.56. The largest absolute Gasteiger partial charge is 0.497 e. The van der Waals surface area contributed by atoms with Crippen LogP contribution in [-0.2, 0) is 22.3 Å². The fourth-order valence-electron chi connectivity index (χ4n) is 6.12. The highest BCUT2D eigenvalue weighted by atomic mass is 32.2. The van der Waals surface area contributed by atoms with E-state index in [1.807, 2.05) is 48.5 Å². The van der Waals surface area contributed by atoms with Gasteiger partial charge in [0, 0.05) is 48.3 Å². The molecular weight excluding hydrogens is 772 g/mol. The Morgan fingerprint density at radius 1 is 0.825 bits per heavy atom. The molecule has 0 radical (unpaired) electrons. The molecule has 57 heavy (non-hydrogen) atoms. The summed E-state index contributed by atoms with van der Waals surface area (Å²) >= 11 is 1.23. The molecule has 1 aliphatic rings. The van der Waals surface area contributed by atoms with Crippen molar-refractivity contribution in [1.29, 1.82) is 0 Å². The third-order valence-electron chi connectivity index (χ3n) is 8.80. The molecule has 1 N–H and O–H groups in total. The number of ether oxygens (including phenoxy) is 3. The third-order valence-corrected chi connectivity index (χ3v) is 11.8. The fourth-order valence-corrected chi connectivity index (χ4v) is 8.53. The van der Waals surface area contributed by atoms with Gasteiger partial charge in [0.2, 0.25) is 0 Å². The molecule has 10 nitrogen and oxygen atoms in total. The first kappa shape index (κ1) is 43.8. The molecule has 0 spiro atoms. The van der Waals surface area contributed by atoms with Crippen molar-refractivity contribution in [1.82, 2.24) is 14.2 Å². The third kappa shape index (κ3) is 12.6. The second kappa shape index (κ2) is 20.4. The van der Waals surface area contributed by atoms with E-state index in [0.717, 1.165) is 4.90 Å². The molecule has 0 bridgehead atoms. The predicted octanol–water partition coefficient (Wildman–Crippen LogP) is 9.71. The summed E-state index contributed by atoms with van der Waals surface area (Å²) in [7, 11) is 1.89. The lowest BCUT2D eigenvalue weighted by atomic mass is 9.77. The van der Waals surface area contributed by atoms with E-state index in [4.69, 9.17) is 23.3 Å².